The lowest BCUT2D eigenvalue weighted by Crippen LogP contribution is -2.46. The Labute approximate surface area is 204 Å². The van der Waals surface area contributed by atoms with Gasteiger partial charge >= 0.3 is 6.09 Å². The first kappa shape index (κ1) is 22.6. The maximum absolute atomic E-state index is 12.9. The van der Waals surface area contributed by atoms with E-state index in [9.17, 15) is 9.59 Å². The zero-order chi connectivity index (χ0) is 23.7. The minimum atomic E-state index is -0.593. The van der Waals surface area contributed by atoms with Crippen LogP contribution in [0.2, 0.25) is 0 Å². The second kappa shape index (κ2) is 9.22. The maximum atomic E-state index is 12.9. The van der Waals surface area contributed by atoms with Crippen LogP contribution in [-0.2, 0) is 4.74 Å². The van der Waals surface area contributed by atoms with Crippen LogP contribution in [0.25, 0.3) is 10.6 Å². The lowest BCUT2D eigenvalue weighted by atomic mass is 9.86. The van der Waals surface area contributed by atoms with E-state index in [-0.39, 0.29) is 30.1 Å². The van der Waals surface area contributed by atoms with E-state index in [1.165, 1.54) is 11.3 Å². The average molecular weight is 476 g/mol. The maximum Gasteiger partial charge on any atom is 0.411 e. The summed E-state index contributed by atoms with van der Waals surface area (Å²) in [6.45, 7) is 3.96. The van der Waals surface area contributed by atoms with Crippen LogP contribution < -0.4 is 5.32 Å². The molecule has 2 amide bonds. The number of hydrogen-bond acceptors (Lipinski definition) is 5. The van der Waals surface area contributed by atoms with Gasteiger partial charge in [-0.15, -0.1) is 11.3 Å². The summed E-state index contributed by atoms with van der Waals surface area (Å²) in [7, 11) is 0. The zero-order valence-corrected chi connectivity index (χ0v) is 20.3. The molecule has 1 aromatic heterocycles. The van der Waals surface area contributed by atoms with E-state index in [0.717, 1.165) is 41.8 Å². The van der Waals surface area contributed by atoms with Crippen molar-refractivity contribution in [3.05, 3.63) is 77.3 Å². The smallest absolute Gasteiger partial charge is 0.411 e. The van der Waals surface area contributed by atoms with Gasteiger partial charge in [0, 0.05) is 23.0 Å². The van der Waals surface area contributed by atoms with Crippen molar-refractivity contribution in [1.29, 1.82) is 0 Å². The molecule has 1 unspecified atom stereocenters. The van der Waals surface area contributed by atoms with Crippen molar-refractivity contribution < 1.29 is 14.3 Å². The first-order valence-corrected chi connectivity index (χ1v) is 12.7. The van der Waals surface area contributed by atoms with Crippen LogP contribution in [0.4, 0.5) is 4.79 Å². The van der Waals surface area contributed by atoms with Crippen LogP contribution in [-0.4, -0.2) is 39.6 Å². The molecule has 2 fully saturated rings. The molecule has 1 saturated carbocycles. The number of amides is 2. The minimum absolute atomic E-state index is 0.0763. The number of benzene rings is 2. The molecule has 7 heteroatoms. The summed E-state index contributed by atoms with van der Waals surface area (Å²) < 4.78 is 5.78. The summed E-state index contributed by atoms with van der Waals surface area (Å²) in [6.07, 6.45) is 3.04. The molecule has 1 aliphatic carbocycles. The van der Waals surface area contributed by atoms with Crippen molar-refractivity contribution in [2.45, 2.75) is 63.3 Å². The third kappa shape index (κ3) is 4.44. The Morgan fingerprint density at radius 3 is 2.35 bits per heavy atom. The number of carbonyl (C=O) groups is 2. The van der Waals surface area contributed by atoms with E-state index < -0.39 is 5.60 Å². The van der Waals surface area contributed by atoms with Crippen molar-refractivity contribution in [1.82, 2.24) is 15.2 Å². The van der Waals surface area contributed by atoms with Gasteiger partial charge in [0.2, 0.25) is 0 Å². The third-order valence-electron chi connectivity index (χ3n) is 6.80. The molecular weight excluding hydrogens is 446 g/mol. The van der Waals surface area contributed by atoms with E-state index >= 15 is 0 Å². The topological polar surface area (TPSA) is 71.5 Å². The lowest BCUT2D eigenvalue weighted by molar-refractivity contribution is 0.0663. The molecule has 0 spiro atoms. The molecule has 1 aliphatic heterocycles. The van der Waals surface area contributed by atoms with Gasteiger partial charge in [-0.1, -0.05) is 60.7 Å². The zero-order valence-electron chi connectivity index (χ0n) is 19.4. The van der Waals surface area contributed by atoms with Gasteiger partial charge in [0.15, 0.2) is 0 Å². The molecule has 0 radical (unpaired) electrons. The number of aromatic nitrogens is 1. The van der Waals surface area contributed by atoms with Crippen molar-refractivity contribution >= 4 is 23.3 Å². The largest absolute Gasteiger partial charge is 0.441 e. The Morgan fingerprint density at radius 2 is 1.68 bits per heavy atom. The first-order valence-electron chi connectivity index (χ1n) is 11.8. The highest BCUT2D eigenvalue weighted by atomic mass is 32.1. The molecule has 2 aromatic carbocycles. The molecule has 34 heavy (non-hydrogen) atoms. The normalized spacial score (nSPS) is 24.0. The number of nitrogens with zero attached hydrogens (tertiary/aromatic N) is 2. The van der Waals surface area contributed by atoms with Crippen LogP contribution in [0.5, 0.6) is 0 Å². The second-order valence-corrected chi connectivity index (χ2v) is 10.4. The van der Waals surface area contributed by atoms with Gasteiger partial charge in [0.05, 0.1) is 6.04 Å². The lowest BCUT2D eigenvalue weighted by Gasteiger charge is -2.38. The Morgan fingerprint density at radius 1 is 1.03 bits per heavy atom. The molecule has 5 rings (SSSR count). The number of thiazole rings is 1. The van der Waals surface area contributed by atoms with E-state index in [0.29, 0.717) is 5.69 Å². The number of nitrogens with one attached hydrogen (secondary N) is 1. The van der Waals surface area contributed by atoms with Crippen LogP contribution >= 0.6 is 11.3 Å². The summed E-state index contributed by atoms with van der Waals surface area (Å²) in [5.74, 6) is -0.134. The summed E-state index contributed by atoms with van der Waals surface area (Å²) in [5.41, 5.74) is 1.97. The van der Waals surface area contributed by atoms with Gasteiger partial charge in [-0.2, -0.15) is 0 Å². The second-order valence-electron chi connectivity index (χ2n) is 9.57. The molecule has 3 aromatic rings. The number of ether oxygens (including phenoxy) is 1. The summed E-state index contributed by atoms with van der Waals surface area (Å²) in [4.78, 5) is 32.1. The van der Waals surface area contributed by atoms with Gasteiger partial charge in [-0.05, 0) is 45.1 Å². The standard InChI is InChI=1S/C27H29N3O3S/c1-27(2)23(18-9-5-3-6-10-18)30(26(32)33-27)21-15-13-20(14-16-21)28-24(31)22-17-34-25(29-22)19-11-7-4-8-12-19/h3-12,17,20-21,23H,13-16H2,1-2H3,(H,28,31). The quantitative estimate of drug-likeness (QED) is 0.504. The first-order chi connectivity index (χ1) is 16.4. The molecule has 0 bridgehead atoms. The number of carbonyl (C=O) groups excluding carboxylic acids is 2. The molecule has 2 heterocycles. The molecule has 1 saturated heterocycles. The Kier molecular flexibility index (Phi) is 6.13. The van der Waals surface area contributed by atoms with Crippen LogP contribution in [0, 0.1) is 0 Å². The molecule has 6 nitrogen and oxygen atoms in total. The van der Waals surface area contributed by atoms with Gasteiger partial charge in [-0.3, -0.25) is 9.69 Å². The molecule has 176 valence electrons. The van der Waals surface area contributed by atoms with E-state index in [1.54, 1.807) is 0 Å². The molecule has 2 aliphatic rings. The predicted molar refractivity (Wildman–Crippen MR) is 133 cm³/mol. The Balaban J connectivity index is 1.22. The summed E-state index contributed by atoms with van der Waals surface area (Å²) in [5, 5.41) is 5.81. The van der Waals surface area contributed by atoms with Crippen molar-refractivity contribution in [2.24, 2.45) is 0 Å². The third-order valence-corrected chi connectivity index (χ3v) is 7.69. The van der Waals surface area contributed by atoms with Gasteiger partial charge in [0.25, 0.3) is 5.91 Å². The SMILES string of the molecule is CC1(C)OC(=O)N(C2CCC(NC(=O)c3csc(-c4ccccc4)n3)CC2)C1c1ccccc1. The molecule has 1 N–H and O–H groups in total. The van der Waals surface area contributed by atoms with Crippen LogP contribution in [0.1, 0.15) is 61.6 Å². The van der Waals surface area contributed by atoms with E-state index in [4.69, 9.17) is 4.74 Å². The highest BCUT2D eigenvalue weighted by Crippen LogP contribution is 2.44. The van der Waals surface area contributed by atoms with Crippen LogP contribution in [0.3, 0.4) is 0 Å². The monoisotopic (exact) mass is 475 g/mol. The van der Waals surface area contributed by atoms with Gasteiger partial charge in [-0.25, -0.2) is 9.78 Å². The number of cyclic esters (lactones) is 1. The Hall–Kier alpha value is -3.19. The number of rotatable bonds is 5. The van der Waals surface area contributed by atoms with E-state index in [1.807, 2.05) is 72.7 Å². The highest BCUT2D eigenvalue weighted by molar-refractivity contribution is 7.13. The minimum Gasteiger partial charge on any atom is -0.441 e. The summed E-state index contributed by atoms with van der Waals surface area (Å²) >= 11 is 1.48. The fraction of sp³-hybridized carbons (Fsp3) is 0.370. The summed E-state index contributed by atoms with van der Waals surface area (Å²) in [6, 6.07) is 20.0. The fourth-order valence-electron chi connectivity index (χ4n) is 5.18. The Bertz CT molecular complexity index is 1150. The predicted octanol–water partition coefficient (Wildman–Crippen LogP) is 5.82. The van der Waals surface area contributed by atoms with Gasteiger partial charge < -0.3 is 10.1 Å². The molecule has 1 atom stereocenters. The van der Waals surface area contributed by atoms with Crippen molar-refractivity contribution in [3.63, 3.8) is 0 Å². The average Bonchev–Trinajstić information content (AvgIpc) is 3.43. The van der Waals surface area contributed by atoms with Crippen LogP contribution in [0.15, 0.2) is 66.0 Å². The van der Waals surface area contributed by atoms with Crippen molar-refractivity contribution in [3.8, 4) is 10.6 Å². The van der Waals surface area contributed by atoms with Gasteiger partial charge in [0.1, 0.15) is 16.3 Å². The van der Waals surface area contributed by atoms with Crippen molar-refractivity contribution in [2.75, 3.05) is 0 Å². The highest BCUT2D eigenvalue weighted by Gasteiger charge is 2.51. The van der Waals surface area contributed by atoms with E-state index in [2.05, 4.69) is 22.4 Å². The molecular formula is C27H29N3O3S. The fourth-order valence-corrected chi connectivity index (χ4v) is 5.99. The number of hydrogen-bond donors (Lipinski definition) is 1.